The van der Waals surface area contributed by atoms with E-state index < -0.39 is 11.0 Å². The number of aromatic nitrogens is 1. The summed E-state index contributed by atoms with van der Waals surface area (Å²) >= 11 is 4.93. The second-order valence-corrected chi connectivity index (χ2v) is 11.0. The monoisotopic (exact) mass is 471 g/mol. The van der Waals surface area contributed by atoms with Crippen LogP contribution in [0.4, 0.5) is 5.69 Å². The summed E-state index contributed by atoms with van der Waals surface area (Å²) in [7, 11) is 0. The molecule has 1 saturated carbocycles. The van der Waals surface area contributed by atoms with Crippen LogP contribution in [0.2, 0.25) is 0 Å². The fourth-order valence-corrected chi connectivity index (χ4v) is 7.90. The van der Waals surface area contributed by atoms with E-state index in [1.807, 2.05) is 24.3 Å². The number of aromatic amines is 1. The van der Waals surface area contributed by atoms with E-state index in [4.69, 9.17) is 17.0 Å². The molecule has 8 rings (SSSR count). The number of fused-ring (bicyclic) bond motifs is 4. The predicted molar refractivity (Wildman–Crippen MR) is 131 cm³/mol. The summed E-state index contributed by atoms with van der Waals surface area (Å²) in [5.41, 5.74) is 4.41. The summed E-state index contributed by atoms with van der Waals surface area (Å²) in [6.07, 6.45) is 4.29. The molecular formula is C27H25N3O3S. The number of thiocarbonyl (C=S) groups is 1. The second-order valence-electron chi connectivity index (χ2n) is 10.8. The van der Waals surface area contributed by atoms with Gasteiger partial charge in [-0.3, -0.25) is 4.90 Å². The van der Waals surface area contributed by atoms with Gasteiger partial charge in [-0.15, -0.1) is 0 Å². The van der Waals surface area contributed by atoms with E-state index in [-0.39, 0.29) is 17.9 Å². The molecule has 2 aromatic carbocycles. The first kappa shape index (κ1) is 19.6. The average Bonchev–Trinajstić information content (AvgIpc) is 3.45. The quantitative estimate of drug-likeness (QED) is 0.392. The number of nitrogens with one attached hydrogen (secondary N) is 1. The van der Waals surface area contributed by atoms with Gasteiger partial charge in [0, 0.05) is 35.5 Å². The molecule has 3 aromatic rings. The summed E-state index contributed by atoms with van der Waals surface area (Å²) in [6, 6.07) is 9.75. The van der Waals surface area contributed by atoms with Crippen molar-refractivity contribution < 1.29 is 14.9 Å². The third-order valence-electron chi connectivity index (χ3n) is 9.33. The highest BCUT2D eigenvalue weighted by atomic mass is 32.1. The molecule has 1 saturated heterocycles. The number of phenolic OH excluding ortho intramolecular Hbond substituents is 1. The maximum Gasteiger partial charge on any atom is 0.166 e. The highest BCUT2D eigenvalue weighted by Gasteiger charge is 2.72. The highest BCUT2D eigenvalue weighted by Crippen LogP contribution is 2.69. The van der Waals surface area contributed by atoms with Crippen molar-refractivity contribution in [1.82, 2.24) is 9.88 Å². The largest absolute Gasteiger partial charge is 0.504 e. The van der Waals surface area contributed by atoms with E-state index in [1.165, 1.54) is 18.4 Å². The first-order valence-corrected chi connectivity index (χ1v) is 12.7. The smallest absolute Gasteiger partial charge is 0.166 e. The number of aliphatic hydroxyl groups is 1. The highest BCUT2D eigenvalue weighted by molar-refractivity contribution is 7.78. The summed E-state index contributed by atoms with van der Waals surface area (Å²) in [4.78, 5) is 10.5. The summed E-state index contributed by atoms with van der Waals surface area (Å²) in [5, 5.41) is 27.2. The minimum atomic E-state index is -1.01. The fourth-order valence-electron chi connectivity index (χ4n) is 7.81. The molecule has 0 radical (unpaired) electrons. The molecule has 1 spiro atoms. The fraction of sp³-hybridized carbons (Fsp3) is 0.444. The van der Waals surface area contributed by atoms with Gasteiger partial charge in [-0.2, -0.15) is 4.99 Å². The number of nitrogens with zero attached hydrogens (tertiary/aromatic N) is 2. The Morgan fingerprint density at radius 3 is 2.97 bits per heavy atom. The third-order valence-corrected chi connectivity index (χ3v) is 9.42. The lowest BCUT2D eigenvalue weighted by Crippen LogP contribution is -2.74. The van der Waals surface area contributed by atoms with Crippen molar-refractivity contribution in [3.05, 3.63) is 52.7 Å². The lowest BCUT2D eigenvalue weighted by molar-refractivity contribution is -0.173. The van der Waals surface area contributed by atoms with Crippen molar-refractivity contribution in [1.29, 1.82) is 0 Å². The van der Waals surface area contributed by atoms with E-state index in [0.29, 0.717) is 12.2 Å². The Morgan fingerprint density at radius 1 is 1.26 bits per heavy atom. The van der Waals surface area contributed by atoms with Crippen LogP contribution in [-0.4, -0.2) is 50.0 Å². The van der Waals surface area contributed by atoms with Crippen molar-refractivity contribution in [2.45, 2.75) is 55.3 Å². The van der Waals surface area contributed by atoms with Crippen LogP contribution in [0, 0.1) is 5.92 Å². The molecule has 3 heterocycles. The van der Waals surface area contributed by atoms with Gasteiger partial charge in [0.05, 0.1) is 27.6 Å². The number of piperidine rings is 1. The minimum Gasteiger partial charge on any atom is -0.504 e. The van der Waals surface area contributed by atoms with Crippen LogP contribution in [0.25, 0.3) is 10.9 Å². The van der Waals surface area contributed by atoms with Gasteiger partial charge in [0.2, 0.25) is 0 Å². The maximum atomic E-state index is 12.9. The van der Waals surface area contributed by atoms with Crippen molar-refractivity contribution in [3.63, 3.8) is 0 Å². The maximum absolute atomic E-state index is 12.9. The van der Waals surface area contributed by atoms with Gasteiger partial charge < -0.3 is 19.9 Å². The number of aliphatic imine (C=N–C) groups is 1. The van der Waals surface area contributed by atoms with Crippen molar-refractivity contribution >= 4 is 34.0 Å². The van der Waals surface area contributed by atoms with E-state index in [2.05, 4.69) is 20.0 Å². The molecule has 3 aliphatic carbocycles. The number of hydrogen-bond donors (Lipinski definition) is 3. The Balaban J connectivity index is 1.43. The van der Waals surface area contributed by atoms with Crippen LogP contribution in [0.15, 0.2) is 35.3 Å². The molecule has 0 amide bonds. The van der Waals surface area contributed by atoms with Crippen molar-refractivity contribution in [2.75, 3.05) is 13.1 Å². The Hall–Kier alpha value is -2.70. The lowest BCUT2D eigenvalue weighted by Gasteiger charge is -2.62. The number of isothiocyanates is 1. The van der Waals surface area contributed by atoms with Crippen LogP contribution in [0.1, 0.15) is 47.8 Å². The summed E-state index contributed by atoms with van der Waals surface area (Å²) in [6.45, 7) is 1.99. The van der Waals surface area contributed by atoms with Crippen molar-refractivity contribution in [3.8, 4) is 11.5 Å². The number of aromatic hydroxyl groups is 1. The van der Waals surface area contributed by atoms with Gasteiger partial charge in [0.1, 0.15) is 0 Å². The van der Waals surface area contributed by atoms with Gasteiger partial charge >= 0.3 is 0 Å². The van der Waals surface area contributed by atoms with Gasteiger partial charge in [0.25, 0.3) is 0 Å². The lowest BCUT2D eigenvalue weighted by atomic mass is 9.49. The van der Waals surface area contributed by atoms with E-state index in [0.717, 1.165) is 65.3 Å². The van der Waals surface area contributed by atoms with Gasteiger partial charge in [0.15, 0.2) is 17.6 Å². The van der Waals surface area contributed by atoms with Crippen LogP contribution >= 0.6 is 12.2 Å². The van der Waals surface area contributed by atoms with Gasteiger partial charge in [-0.25, -0.2) is 0 Å². The molecule has 0 unspecified atom stereocenters. The average molecular weight is 472 g/mol. The predicted octanol–water partition coefficient (Wildman–Crippen LogP) is 4.31. The van der Waals surface area contributed by atoms with E-state index in [1.54, 1.807) is 6.07 Å². The van der Waals surface area contributed by atoms with Gasteiger partial charge in [-0.05, 0) is 79.7 Å². The van der Waals surface area contributed by atoms with Gasteiger partial charge in [-0.1, -0.05) is 12.1 Å². The number of phenols is 1. The minimum absolute atomic E-state index is 0.00946. The van der Waals surface area contributed by atoms with E-state index >= 15 is 0 Å². The number of rotatable bonds is 3. The molecule has 5 aliphatic rings. The SMILES string of the molecule is Oc1ccc2c3c1O[C@H]1c4[nH]c5cccc(N=C=S)c5c4C[C@@]4(O)[C@@H](C2)N(CC2CC2)CC[C@]314. The number of likely N-dealkylation sites (tertiary alicyclic amines) is 1. The standard InChI is InChI=1S/C27H25N3O3S/c31-19-7-6-15-10-20-27(32)11-16-21-17(28-13-34)2-1-3-18(21)29-23(16)25-26(27,22(15)24(19)33-25)8-9-30(20)12-14-4-5-14/h1-3,6-7,14,20,25,29,31-32H,4-5,8-12H2/t20-,25+,26+,27-/m1/s1. The molecular weight excluding hydrogens is 446 g/mol. The topological polar surface area (TPSA) is 81.1 Å². The molecule has 34 heavy (non-hydrogen) atoms. The number of H-pyrrole nitrogens is 1. The van der Waals surface area contributed by atoms with Crippen LogP contribution in [0.5, 0.6) is 11.5 Å². The molecule has 2 bridgehead atoms. The third kappa shape index (κ3) is 2.16. The molecule has 3 N–H and O–H groups in total. The molecule has 4 atom stereocenters. The summed E-state index contributed by atoms with van der Waals surface area (Å²) < 4.78 is 6.63. The van der Waals surface area contributed by atoms with Crippen LogP contribution < -0.4 is 4.74 Å². The Kier molecular flexibility index (Phi) is 3.63. The molecule has 6 nitrogen and oxygen atoms in total. The van der Waals surface area contributed by atoms with Crippen LogP contribution in [0.3, 0.4) is 0 Å². The molecule has 7 heteroatoms. The zero-order valence-electron chi connectivity index (χ0n) is 18.7. The van der Waals surface area contributed by atoms with E-state index in [9.17, 15) is 10.2 Å². The molecule has 1 aromatic heterocycles. The zero-order chi connectivity index (χ0) is 22.8. The molecule has 2 aliphatic heterocycles. The Labute approximate surface area is 202 Å². The number of ether oxygens (including phenoxy) is 1. The number of hydrogen-bond acceptors (Lipinski definition) is 6. The normalized spacial score (nSPS) is 32.6. The Morgan fingerprint density at radius 2 is 2.15 bits per heavy atom. The Bertz CT molecular complexity index is 1460. The zero-order valence-corrected chi connectivity index (χ0v) is 19.5. The first-order valence-electron chi connectivity index (χ1n) is 12.2. The number of benzene rings is 2. The second kappa shape index (κ2) is 6.29. The van der Waals surface area contributed by atoms with Crippen LogP contribution in [-0.2, 0) is 18.3 Å². The summed E-state index contributed by atoms with van der Waals surface area (Å²) in [5.74, 6) is 1.46. The molecule has 2 fully saturated rings. The first-order chi connectivity index (χ1) is 16.5. The van der Waals surface area contributed by atoms with Crippen molar-refractivity contribution in [2.24, 2.45) is 10.9 Å². The molecule has 172 valence electrons.